The molecule has 10 heteroatoms. The Morgan fingerprint density at radius 2 is 1.76 bits per heavy atom. The molecule has 0 saturated carbocycles. The van der Waals surface area contributed by atoms with Crippen molar-refractivity contribution in [2.75, 3.05) is 37.4 Å². The van der Waals surface area contributed by atoms with Gasteiger partial charge >= 0.3 is 0 Å². The van der Waals surface area contributed by atoms with Gasteiger partial charge in [-0.15, -0.1) is 11.3 Å². The smallest absolute Gasteiger partial charge is 0.243 e. The lowest BCUT2D eigenvalue weighted by Gasteiger charge is -2.22. The van der Waals surface area contributed by atoms with Gasteiger partial charge in [-0.1, -0.05) is 13.8 Å². The molecule has 1 amide bonds. The second-order valence-corrected chi connectivity index (χ2v) is 10.3. The average Bonchev–Trinajstić information content (AvgIpc) is 3.22. The van der Waals surface area contributed by atoms with Crippen molar-refractivity contribution < 1.29 is 17.6 Å². The zero-order valence-electron chi connectivity index (χ0n) is 19.0. The molecule has 0 aliphatic carbocycles. The van der Waals surface area contributed by atoms with Crippen LogP contribution in [0.4, 0.5) is 15.8 Å². The lowest BCUT2D eigenvalue weighted by atomic mass is 10.2. The number of halogens is 1. The van der Waals surface area contributed by atoms with E-state index in [1.54, 1.807) is 48.4 Å². The molecule has 1 aromatic heterocycles. The molecule has 0 fully saturated rings. The Kier molecular flexibility index (Phi) is 7.83. The molecule has 0 atom stereocenters. The van der Waals surface area contributed by atoms with Crippen LogP contribution < -0.4 is 10.2 Å². The van der Waals surface area contributed by atoms with E-state index in [1.807, 2.05) is 14.1 Å². The molecule has 33 heavy (non-hydrogen) atoms. The molecule has 0 spiro atoms. The fourth-order valence-corrected chi connectivity index (χ4v) is 5.66. The van der Waals surface area contributed by atoms with Crippen LogP contribution in [0.3, 0.4) is 0 Å². The molecule has 0 saturated heterocycles. The molecule has 0 radical (unpaired) electrons. The number of anilines is 2. The van der Waals surface area contributed by atoms with E-state index in [0.29, 0.717) is 35.2 Å². The summed E-state index contributed by atoms with van der Waals surface area (Å²) in [6, 6.07) is 10.7. The van der Waals surface area contributed by atoms with Crippen LogP contribution in [0, 0.1) is 5.82 Å². The van der Waals surface area contributed by atoms with Crippen LogP contribution in [0.25, 0.3) is 10.6 Å². The highest BCUT2D eigenvalue weighted by Crippen LogP contribution is 2.30. The molecular weight excluding hydrogens is 463 g/mol. The summed E-state index contributed by atoms with van der Waals surface area (Å²) in [6.45, 7) is 4.28. The fraction of sp³-hybridized carbons (Fsp3) is 0.304. The topological polar surface area (TPSA) is 82.6 Å². The third kappa shape index (κ3) is 5.76. The fourth-order valence-electron chi connectivity index (χ4n) is 3.35. The number of rotatable bonds is 9. The first-order valence-corrected chi connectivity index (χ1v) is 12.8. The van der Waals surface area contributed by atoms with E-state index in [9.17, 15) is 17.6 Å². The molecule has 0 bridgehead atoms. The Hall–Kier alpha value is -2.82. The van der Waals surface area contributed by atoms with Gasteiger partial charge in [0, 0.05) is 38.1 Å². The van der Waals surface area contributed by atoms with Crippen LogP contribution in [0.2, 0.25) is 0 Å². The van der Waals surface area contributed by atoms with Crippen molar-refractivity contribution in [2.45, 2.75) is 25.2 Å². The number of aromatic nitrogens is 1. The highest BCUT2D eigenvalue weighted by atomic mass is 32.2. The number of nitrogens with one attached hydrogen (secondary N) is 1. The molecule has 3 rings (SSSR count). The standard InChI is InChI=1S/C23H27FN4O3S2/c1-5-28(6-2)33(30,31)19-11-12-21(27(3)4)20(14-19)26-22(29)13-18-15-32-23(25-18)16-7-9-17(24)10-8-16/h7-12,14-15H,5-6,13H2,1-4H3,(H,26,29). The predicted molar refractivity (Wildman–Crippen MR) is 131 cm³/mol. The maximum absolute atomic E-state index is 13.1. The van der Waals surface area contributed by atoms with Gasteiger partial charge in [0.05, 0.1) is 28.4 Å². The van der Waals surface area contributed by atoms with Crippen molar-refractivity contribution in [1.82, 2.24) is 9.29 Å². The summed E-state index contributed by atoms with van der Waals surface area (Å²) >= 11 is 1.37. The van der Waals surface area contributed by atoms with Gasteiger partial charge in [0.1, 0.15) is 10.8 Å². The number of sulfonamides is 1. The minimum absolute atomic E-state index is 0.0254. The first-order valence-electron chi connectivity index (χ1n) is 10.5. The van der Waals surface area contributed by atoms with E-state index >= 15 is 0 Å². The number of carbonyl (C=O) groups is 1. The number of hydrogen-bond acceptors (Lipinski definition) is 6. The zero-order valence-corrected chi connectivity index (χ0v) is 20.6. The van der Waals surface area contributed by atoms with Crippen LogP contribution in [0.5, 0.6) is 0 Å². The van der Waals surface area contributed by atoms with Crippen LogP contribution >= 0.6 is 11.3 Å². The number of carbonyl (C=O) groups excluding carboxylic acids is 1. The molecule has 176 valence electrons. The summed E-state index contributed by atoms with van der Waals surface area (Å²) in [6.07, 6.45) is 0.0254. The van der Waals surface area contributed by atoms with E-state index < -0.39 is 10.0 Å². The first-order chi connectivity index (χ1) is 15.6. The number of amides is 1. The van der Waals surface area contributed by atoms with Crippen molar-refractivity contribution in [1.29, 1.82) is 0 Å². The highest BCUT2D eigenvalue weighted by Gasteiger charge is 2.23. The van der Waals surface area contributed by atoms with E-state index in [4.69, 9.17) is 0 Å². The maximum atomic E-state index is 13.1. The quantitative estimate of drug-likeness (QED) is 0.486. The van der Waals surface area contributed by atoms with Gasteiger partial charge in [0.15, 0.2) is 0 Å². The Balaban J connectivity index is 1.82. The normalized spacial score (nSPS) is 11.6. The monoisotopic (exact) mass is 490 g/mol. The van der Waals surface area contributed by atoms with Gasteiger partial charge in [0.2, 0.25) is 15.9 Å². The summed E-state index contributed by atoms with van der Waals surface area (Å²) in [5.41, 5.74) is 2.45. The second kappa shape index (κ2) is 10.4. The van der Waals surface area contributed by atoms with Gasteiger partial charge in [-0.05, 0) is 42.5 Å². The van der Waals surface area contributed by atoms with E-state index in [1.165, 1.54) is 33.8 Å². The molecule has 0 aliphatic heterocycles. The average molecular weight is 491 g/mol. The number of hydrogen-bond donors (Lipinski definition) is 1. The third-order valence-electron chi connectivity index (χ3n) is 5.05. The van der Waals surface area contributed by atoms with Crippen molar-refractivity contribution >= 4 is 38.6 Å². The van der Waals surface area contributed by atoms with Gasteiger partial charge < -0.3 is 10.2 Å². The third-order valence-corrected chi connectivity index (χ3v) is 8.04. The Bertz CT molecular complexity index is 1220. The van der Waals surface area contributed by atoms with Crippen LogP contribution in [0.15, 0.2) is 52.7 Å². The highest BCUT2D eigenvalue weighted by molar-refractivity contribution is 7.89. The Morgan fingerprint density at radius 1 is 1.09 bits per heavy atom. The largest absolute Gasteiger partial charge is 0.376 e. The lowest BCUT2D eigenvalue weighted by molar-refractivity contribution is -0.115. The summed E-state index contributed by atoms with van der Waals surface area (Å²) < 4.78 is 40.4. The molecule has 1 heterocycles. The molecule has 0 unspecified atom stereocenters. The van der Waals surface area contributed by atoms with Crippen LogP contribution in [-0.4, -0.2) is 50.8 Å². The van der Waals surface area contributed by atoms with Crippen LogP contribution in [0.1, 0.15) is 19.5 Å². The summed E-state index contributed by atoms with van der Waals surface area (Å²) in [4.78, 5) is 19.2. The number of thiazole rings is 1. The summed E-state index contributed by atoms with van der Waals surface area (Å²) in [5, 5.41) is 5.31. The first kappa shape index (κ1) is 24.8. The summed E-state index contributed by atoms with van der Waals surface area (Å²) in [7, 11) is -0.0283. The SMILES string of the molecule is CCN(CC)S(=O)(=O)c1ccc(N(C)C)c(NC(=O)Cc2csc(-c3ccc(F)cc3)n2)c1. The molecule has 0 aliphatic rings. The summed E-state index contributed by atoms with van der Waals surface area (Å²) in [5.74, 6) is -0.636. The Labute approximate surface area is 197 Å². The second-order valence-electron chi connectivity index (χ2n) is 7.54. The van der Waals surface area contributed by atoms with Crippen molar-refractivity contribution in [2.24, 2.45) is 0 Å². The minimum atomic E-state index is -3.67. The van der Waals surface area contributed by atoms with Crippen LogP contribution in [-0.2, 0) is 21.2 Å². The maximum Gasteiger partial charge on any atom is 0.243 e. The van der Waals surface area contributed by atoms with Gasteiger partial charge in [-0.25, -0.2) is 17.8 Å². The van der Waals surface area contributed by atoms with E-state index in [2.05, 4.69) is 10.3 Å². The lowest BCUT2D eigenvalue weighted by Crippen LogP contribution is -2.30. The molecule has 7 nitrogen and oxygen atoms in total. The minimum Gasteiger partial charge on any atom is -0.376 e. The van der Waals surface area contributed by atoms with Crippen molar-refractivity contribution in [3.63, 3.8) is 0 Å². The van der Waals surface area contributed by atoms with Gasteiger partial charge in [-0.2, -0.15) is 4.31 Å². The molecule has 3 aromatic rings. The number of nitrogens with zero attached hydrogens (tertiary/aromatic N) is 3. The molecular formula is C23H27FN4O3S2. The predicted octanol–water partition coefficient (Wildman–Crippen LogP) is 4.23. The van der Waals surface area contributed by atoms with Crippen molar-refractivity contribution in [3.8, 4) is 10.6 Å². The number of benzene rings is 2. The van der Waals surface area contributed by atoms with Crippen molar-refractivity contribution in [3.05, 3.63) is 59.4 Å². The molecule has 2 aromatic carbocycles. The Morgan fingerprint density at radius 3 is 2.36 bits per heavy atom. The van der Waals surface area contributed by atoms with Gasteiger partial charge in [0.25, 0.3) is 0 Å². The van der Waals surface area contributed by atoms with Gasteiger partial charge in [-0.3, -0.25) is 4.79 Å². The van der Waals surface area contributed by atoms with E-state index in [0.717, 1.165) is 5.56 Å². The molecule has 1 N–H and O–H groups in total. The zero-order chi connectivity index (χ0) is 24.2. The van der Waals surface area contributed by atoms with E-state index in [-0.39, 0.29) is 23.0 Å².